The lowest BCUT2D eigenvalue weighted by molar-refractivity contribution is 0.0107. The minimum Gasteiger partial charge on any atom is -0.507 e. The average molecular weight is 333 g/mol. The lowest BCUT2D eigenvalue weighted by Gasteiger charge is -2.46. The smallest absolute Gasteiger partial charge is 0.127 e. The van der Waals surface area contributed by atoms with E-state index in [2.05, 4.69) is 0 Å². The first-order valence-electron chi connectivity index (χ1n) is 16.3. The molecule has 126 valence electrons. The molecule has 1 aromatic carbocycles. The fourth-order valence-electron chi connectivity index (χ4n) is 2.52. The van der Waals surface area contributed by atoms with Crippen molar-refractivity contribution in [2.45, 2.75) is 77.4 Å². The van der Waals surface area contributed by atoms with E-state index >= 15 is 0 Å². The minimum absolute atomic E-state index is 0.116. The number of benzene rings is 1. The lowest BCUT2D eigenvalue weighted by atomic mass is 9.68. The molecule has 0 saturated carbocycles. The third kappa shape index (κ3) is 3.13. The van der Waals surface area contributed by atoms with Crippen LogP contribution in [0.3, 0.4) is 0 Å². The maximum atomic E-state index is 11.1. The van der Waals surface area contributed by atoms with Crippen molar-refractivity contribution in [2.24, 2.45) is 5.89 Å². The number of unbranched alkanes of at least 4 members (excludes halogenated alkanes) is 1. The zero-order valence-electron chi connectivity index (χ0n) is 30.6. The highest BCUT2D eigenvalue weighted by Gasteiger charge is 2.45. The Morgan fingerprint density at radius 2 is 2.39 bits per heavy atom. The molecule has 0 bridgehead atoms. The van der Waals surface area contributed by atoms with E-state index in [1.807, 2.05) is 0 Å². The van der Waals surface area contributed by atoms with Crippen LogP contribution in [0.5, 0.6) is 11.5 Å². The molecule has 1 heterocycles. The summed E-state index contributed by atoms with van der Waals surface area (Å²) in [5.74, 6) is -9.99. The van der Waals surface area contributed by atoms with Gasteiger partial charge in [-0.15, -0.1) is 0 Å². The molecule has 1 N–H and O–H groups in total. The first kappa shape index (κ1) is 5.28. The lowest BCUT2D eigenvalue weighted by Crippen LogP contribution is -2.45. The van der Waals surface area contributed by atoms with Crippen molar-refractivity contribution in [1.82, 2.24) is 0 Å². The van der Waals surface area contributed by atoms with Gasteiger partial charge in [0, 0.05) is 40.7 Å². The van der Waals surface area contributed by atoms with Gasteiger partial charge in [-0.1, -0.05) is 31.4 Å². The van der Waals surface area contributed by atoms with Crippen LogP contribution in [0, 0.1) is 5.89 Å². The molecule has 0 amide bonds. The highest BCUT2D eigenvalue weighted by atomic mass is 16.5. The molecule has 2 heteroatoms. The Balaban J connectivity index is 2.72. The molecule has 1 aliphatic carbocycles. The van der Waals surface area contributed by atoms with Gasteiger partial charge >= 0.3 is 0 Å². The first-order valence-corrected chi connectivity index (χ1v) is 7.35. The molecule has 2 nitrogen and oxygen atoms in total. The summed E-state index contributed by atoms with van der Waals surface area (Å²) in [6.07, 6.45) is -9.49. The largest absolute Gasteiger partial charge is 0.507 e. The van der Waals surface area contributed by atoms with Crippen molar-refractivity contribution in [3.63, 3.8) is 0 Å². The Morgan fingerprint density at radius 3 is 3.13 bits per heavy atom. The predicted octanol–water partition coefficient (Wildman–Crippen LogP) is 5.74. The van der Waals surface area contributed by atoms with Crippen LogP contribution in [0.2, 0.25) is 0 Å². The standard InChI is InChI=1S/C21H30O2/c1-5-6-7-8-15-12-18(22)20-16-11-14(2)9-10-17(16)21(3,4)23-19(20)13-15/h11-13,16-17,22H,5-10H2,1-4H3/t16-,17-/m1/s1/i2D3,3D3,4D3,8D2,9D2,10D2,11D,16D,17D. The second-order valence-corrected chi connectivity index (χ2v) is 5.43. The molecule has 2 aliphatic rings. The molecular weight excluding hydrogens is 284 g/mol. The first-order chi connectivity index (χ1) is 18.1. The van der Waals surface area contributed by atoms with Crippen LogP contribution in [-0.2, 0) is 6.37 Å². The number of allylic oxidation sites excluding steroid dienone is 2. The topological polar surface area (TPSA) is 29.5 Å². The van der Waals surface area contributed by atoms with Crippen molar-refractivity contribution >= 4 is 0 Å². The van der Waals surface area contributed by atoms with Gasteiger partial charge in [0.15, 0.2) is 0 Å². The van der Waals surface area contributed by atoms with E-state index in [0.717, 1.165) is 12.1 Å². The molecule has 23 heavy (non-hydrogen) atoms. The summed E-state index contributed by atoms with van der Waals surface area (Å²) in [6, 6.07) is -0.0894. The van der Waals surface area contributed by atoms with Crippen molar-refractivity contribution in [3.05, 3.63) is 34.9 Å². The van der Waals surface area contributed by atoms with Crippen LogP contribution in [0.1, 0.15) is 101 Å². The third-order valence-electron chi connectivity index (χ3n) is 3.62. The molecule has 1 aromatic rings. The molecule has 0 unspecified atom stereocenters. The fraction of sp³-hybridized carbons (Fsp3) is 0.619. The summed E-state index contributed by atoms with van der Waals surface area (Å²) >= 11 is 0. The number of aromatic hydroxyl groups is 1. The van der Waals surface area contributed by atoms with Crippen molar-refractivity contribution in [1.29, 1.82) is 0 Å². The summed E-state index contributed by atoms with van der Waals surface area (Å²) in [4.78, 5) is 0. The summed E-state index contributed by atoms with van der Waals surface area (Å²) in [5, 5.41) is 11.1. The fourth-order valence-corrected chi connectivity index (χ4v) is 2.52. The van der Waals surface area contributed by atoms with E-state index < -0.39 is 85.8 Å². The average Bonchev–Trinajstić information content (AvgIpc) is 2.75. The van der Waals surface area contributed by atoms with E-state index in [1.165, 1.54) is 0 Å². The summed E-state index contributed by atoms with van der Waals surface area (Å²) in [7, 11) is 0. The van der Waals surface area contributed by atoms with Crippen LogP contribution in [-0.4, -0.2) is 10.7 Å². The van der Waals surface area contributed by atoms with Crippen LogP contribution in [0.15, 0.2) is 23.8 Å². The maximum absolute atomic E-state index is 11.1. The van der Waals surface area contributed by atoms with Crippen molar-refractivity contribution in [2.75, 3.05) is 0 Å². The normalized spacial score (nSPS) is 50.1. The zero-order chi connectivity index (χ0) is 32.2. The second-order valence-electron chi connectivity index (χ2n) is 5.43. The number of aryl methyl sites for hydroxylation is 1. The molecule has 0 aromatic heterocycles. The van der Waals surface area contributed by atoms with Crippen molar-refractivity contribution in [3.8, 4) is 11.5 Å². The van der Waals surface area contributed by atoms with Gasteiger partial charge < -0.3 is 9.84 Å². The van der Waals surface area contributed by atoms with Gasteiger partial charge in [0.2, 0.25) is 0 Å². The van der Waals surface area contributed by atoms with Gasteiger partial charge in [0.25, 0.3) is 0 Å². The van der Waals surface area contributed by atoms with Gasteiger partial charge in [-0.2, -0.15) is 0 Å². The molecule has 1 aliphatic heterocycles. The van der Waals surface area contributed by atoms with E-state index in [1.54, 1.807) is 6.92 Å². The molecule has 0 saturated heterocycles. The highest BCUT2D eigenvalue weighted by Crippen LogP contribution is 2.53. The summed E-state index contributed by atoms with van der Waals surface area (Å²) < 4.78 is 157. The van der Waals surface area contributed by atoms with E-state index in [9.17, 15) is 7.85 Å². The Labute approximate surface area is 165 Å². The molecular formula is C21H30O2. The van der Waals surface area contributed by atoms with Gasteiger partial charge in [-0.25, -0.2) is 0 Å². The van der Waals surface area contributed by atoms with Crippen LogP contribution in [0.4, 0.5) is 0 Å². The minimum atomic E-state index is -4.17. The van der Waals surface area contributed by atoms with E-state index in [4.69, 9.17) is 26.7 Å². The Morgan fingerprint density at radius 1 is 1.52 bits per heavy atom. The number of hydrogen-bond acceptors (Lipinski definition) is 2. The monoisotopic (exact) mass is 332 g/mol. The van der Waals surface area contributed by atoms with Crippen LogP contribution in [0.25, 0.3) is 0 Å². The number of hydrogen-bond donors (Lipinski definition) is 1. The molecule has 3 rings (SSSR count). The quantitative estimate of drug-likeness (QED) is 0.713. The summed E-state index contributed by atoms with van der Waals surface area (Å²) in [6.45, 7) is -9.96. The predicted molar refractivity (Wildman–Crippen MR) is 95.3 cm³/mol. The van der Waals surface area contributed by atoms with E-state index in [0.29, 0.717) is 12.8 Å². The Bertz CT molecular complexity index is 1240. The number of phenolic OH excluding ortho intramolecular Hbond substituents is 1. The van der Waals surface area contributed by atoms with Crippen LogP contribution < -0.4 is 4.74 Å². The molecule has 0 radical (unpaired) electrons. The highest BCUT2D eigenvalue weighted by molar-refractivity contribution is 5.53. The second kappa shape index (κ2) is 6.22. The van der Waals surface area contributed by atoms with E-state index in [-0.39, 0.29) is 12.0 Å². The SMILES string of the molecule is [2H]C1=C(C([2H])([2H])[2H])C([2H])([2H])C([2H])([2H])[C@@]2([2H])C(C([2H])([2H])[2H])(C([2H])([2H])[2H])Oc3cc(C([2H])([2H])CCCC)cc(O)c3[C@]12[2H]. The molecule has 2 atom stereocenters. The Hall–Kier alpha value is -1.44. The molecule has 0 spiro atoms. The maximum Gasteiger partial charge on any atom is 0.127 e. The van der Waals surface area contributed by atoms with Gasteiger partial charge in [0.05, 0.1) is 1.37 Å². The number of fused-ring (bicyclic) bond motifs is 3. The van der Waals surface area contributed by atoms with Gasteiger partial charge in [0.1, 0.15) is 17.1 Å². The third-order valence-corrected chi connectivity index (χ3v) is 3.62. The number of ether oxygens (including phenoxy) is 1. The van der Waals surface area contributed by atoms with Gasteiger partial charge in [-0.05, 0) is 63.8 Å². The van der Waals surface area contributed by atoms with Crippen molar-refractivity contribution < 1.29 is 34.5 Å². The summed E-state index contributed by atoms with van der Waals surface area (Å²) in [5.41, 5.74) is -7.16. The zero-order valence-corrected chi connectivity index (χ0v) is 12.6. The van der Waals surface area contributed by atoms with Crippen LogP contribution >= 0.6 is 0 Å². The number of phenols is 1. The van der Waals surface area contributed by atoms with Gasteiger partial charge in [-0.3, -0.25) is 0 Å². The molecule has 0 fully saturated rings. The number of rotatable bonds is 4. The Kier molecular flexibility index (Phi) is 1.43.